The fourth-order valence-electron chi connectivity index (χ4n) is 3.07. The van der Waals surface area contributed by atoms with Crippen molar-refractivity contribution in [1.29, 1.82) is 0 Å². The Morgan fingerprint density at radius 3 is 2.85 bits per heavy atom. The predicted molar refractivity (Wildman–Crippen MR) is 107 cm³/mol. The third-order valence-corrected chi connectivity index (χ3v) is 5.64. The average molecular weight is 381 g/mol. The van der Waals surface area contributed by atoms with Crippen LogP contribution in [-0.4, -0.2) is 79.5 Å². The van der Waals surface area contributed by atoms with E-state index in [1.165, 1.54) is 17.7 Å². The minimum atomic E-state index is -0.525. The summed E-state index contributed by atoms with van der Waals surface area (Å²) in [6, 6.07) is 4.32. The molecule has 26 heavy (non-hydrogen) atoms. The molecular formula is C19H32N4O2S. The van der Waals surface area contributed by atoms with Crippen LogP contribution in [0.3, 0.4) is 0 Å². The van der Waals surface area contributed by atoms with E-state index in [9.17, 15) is 5.11 Å². The molecule has 0 bridgehead atoms. The van der Waals surface area contributed by atoms with Crippen LogP contribution in [0.25, 0.3) is 0 Å². The van der Waals surface area contributed by atoms with E-state index in [1.807, 2.05) is 11.3 Å². The second-order valence-corrected chi connectivity index (χ2v) is 8.20. The number of nitrogens with one attached hydrogen (secondary N) is 1. The zero-order valence-electron chi connectivity index (χ0n) is 15.8. The summed E-state index contributed by atoms with van der Waals surface area (Å²) in [5.74, 6) is 1.64. The summed E-state index contributed by atoms with van der Waals surface area (Å²) in [4.78, 5) is 10.9. The molecule has 1 saturated heterocycles. The van der Waals surface area contributed by atoms with Crippen LogP contribution in [0, 0.1) is 5.92 Å². The average Bonchev–Trinajstić information content (AvgIpc) is 3.33. The Morgan fingerprint density at radius 1 is 1.38 bits per heavy atom. The van der Waals surface area contributed by atoms with Gasteiger partial charge in [-0.05, 0) is 37.1 Å². The second kappa shape index (κ2) is 10.3. The van der Waals surface area contributed by atoms with Gasteiger partial charge in [-0.25, -0.2) is 0 Å². The molecule has 1 aromatic rings. The zero-order chi connectivity index (χ0) is 18.2. The molecule has 2 heterocycles. The number of aliphatic imine (C=N–C) groups is 1. The van der Waals surface area contributed by atoms with Crippen molar-refractivity contribution in [2.24, 2.45) is 10.9 Å². The minimum absolute atomic E-state index is 0.383. The topological polar surface area (TPSA) is 60.3 Å². The first-order valence-corrected chi connectivity index (χ1v) is 10.7. The fourth-order valence-corrected chi connectivity index (χ4v) is 3.81. The first-order chi connectivity index (χ1) is 12.7. The SMILES string of the molecule is CCNC(=NCC(O)COCC1CC1)N1CCN(Cc2cccs2)CC1. The van der Waals surface area contributed by atoms with Crippen molar-refractivity contribution in [3.63, 3.8) is 0 Å². The molecule has 1 aromatic heterocycles. The molecule has 1 atom stereocenters. The summed E-state index contributed by atoms with van der Waals surface area (Å²) in [5.41, 5.74) is 0. The van der Waals surface area contributed by atoms with Crippen molar-refractivity contribution in [2.75, 3.05) is 52.5 Å². The van der Waals surface area contributed by atoms with Gasteiger partial charge >= 0.3 is 0 Å². The van der Waals surface area contributed by atoms with Gasteiger partial charge in [0.25, 0.3) is 0 Å². The number of ether oxygens (including phenoxy) is 1. The molecule has 0 spiro atoms. The van der Waals surface area contributed by atoms with Gasteiger partial charge in [0.2, 0.25) is 0 Å². The smallest absolute Gasteiger partial charge is 0.194 e. The number of rotatable bonds is 9. The van der Waals surface area contributed by atoms with Gasteiger partial charge in [0, 0.05) is 50.8 Å². The van der Waals surface area contributed by atoms with Crippen LogP contribution >= 0.6 is 11.3 Å². The van der Waals surface area contributed by atoms with Crippen molar-refractivity contribution >= 4 is 17.3 Å². The molecule has 3 rings (SSSR count). The quantitative estimate of drug-likeness (QED) is 0.504. The number of piperazine rings is 1. The van der Waals surface area contributed by atoms with Crippen molar-refractivity contribution in [3.05, 3.63) is 22.4 Å². The lowest BCUT2D eigenvalue weighted by molar-refractivity contribution is 0.0367. The largest absolute Gasteiger partial charge is 0.389 e. The number of hydrogen-bond donors (Lipinski definition) is 2. The van der Waals surface area contributed by atoms with Crippen molar-refractivity contribution < 1.29 is 9.84 Å². The molecule has 2 N–H and O–H groups in total. The standard InChI is InChI=1S/C19H32N4O2S/c1-2-20-19(21-12-17(24)15-25-14-16-5-6-16)23-9-7-22(8-10-23)13-18-4-3-11-26-18/h3-4,11,16-17,24H,2,5-10,12-15H2,1H3,(H,20,21). The molecule has 0 radical (unpaired) electrons. The Labute approximate surface area is 160 Å². The summed E-state index contributed by atoms with van der Waals surface area (Å²) >= 11 is 1.82. The van der Waals surface area contributed by atoms with Crippen molar-refractivity contribution in [2.45, 2.75) is 32.4 Å². The second-order valence-electron chi connectivity index (χ2n) is 7.17. The summed E-state index contributed by atoms with van der Waals surface area (Å²) < 4.78 is 5.56. The predicted octanol–water partition coefficient (Wildman–Crippen LogP) is 1.62. The number of hydrogen-bond acceptors (Lipinski definition) is 5. The molecule has 2 fully saturated rings. The van der Waals surface area contributed by atoms with Crippen LogP contribution in [-0.2, 0) is 11.3 Å². The summed E-state index contributed by atoms with van der Waals surface area (Å²) in [6.45, 7) is 9.52. The van der Waals surface area contributed by atoms with E-state index in [0.29, 0.717) is 13.2 Å². The number of aliphatic hydroxyl groups excluding tert-OH is 1. The molecule has 2 aliphatic rings. The Bertz CT molecular complexity index is 540. The number of nitrogens with zero attached hydrogens (tertiary/aromatic N) is 3. The third-order valence-electron chi connectivity index (χ3n) is 4.78. The van der Waals surface area contributed by atoms with Gasteiger partial charge in [0.05, 0.1) is 19.3 Å². The number of aliphatic hydroxyl groups is 1. The van der Waals surface area contributed by atoms with Gasteiger partial charge in [-0.3, -0.25) is 9.89 Å². The molecular weight excluding hydrogens is 348 g/mol. The van der Waals surface area contributed by atoms with Crippen LogP contribution in [0.4, 0.5) is 0 Å². The molecule has 6 nitrogen and oxygen atoms in total. The Balaban J connectivity index is 1.41. The highest BCUT2D eigenvalue weighted by atomic mass is 32.1. The van der Waals surface area contributed by atoms with Gasteiger partial charge < -0.3 is 20.1 Å². The van der Waals surface area contributed by atoms with Crippen molar-refractivity contribution in [1.82, 2.24) is 15.1 Å². The highest BCUT2D eigenvalue weighted by molar-refractivity contribution is 7.09. The van der Waals surface area contributed by atoms with Gasteiger partial charge in [0.1, 0.15) is 0 Å². The molecule has 0 aromatic carbocycles. The first kappa shape index (κ1) is 19.6. The maximum atomic E-state index is 10.1. The Hall–Kier alpha value is -1.15. The molecule has 1 unspecified atom stereocenters. The van der Waals surface area contributed by atoms with Crippen LogP contribution in [0.5, 0.6) is 0 Å². The normalized spacial score (nSPS) is 20.4. The highest BCUT2D eigenvalue weighted by Gasteiger charge is 2.22. The highest BCUT2D eigenvalue weighted by Crippen LogP contribution is 2.28. The summed E-state index contributed by atoms with van der Waals surface area (Å²) in [7, 11) is 0. The van der Waals surface area contributed by atoms with Gasteiger partial charge in [0.15, 0.2) is 5.96 Å². The third kappa shape index (κ3) is 6.54. The van der Waals surface area contributed by atoms with E-state index in [0.717, 1.165) is 57.8 Å². The van der Waals surface area contributed by atoms with Gasteiger partial charge in [-0.2, -0.15) is 0 Å². The van der Waals surface area contributed by atoms with E-state index in [1.54, 1.807) is 0 Å². The number of guanidine groups is 1. The lowest BCUT2D eigenvalue weighted by Gasteiger charge is -2.36. The Kier molecular flexibility index (Phi) is 7.73. The first-order valence-electron chi connectivity index (χ1n) is 9.78. The van der Waals surface area contributed by atoms with E-state index < -0.39 is 6.10 Å². The van der Waals surface area contributed by atoms with E-state index >= 15 is 0 Å². The summed E-state index contributed by atoms with van der Waals surface area (Å²) in [5, 5.41) is 15.6. The van der Waals surface area contributed by atoms with Crippen LogP contribution in [0.15, 0.2) is 22.5 Å². The zero-order valence-corrected chi connectivity index (χ0v) is 16.6. The van der Waals surface area contributed by atoms with Crippen molar-refractivity contribution in [3.8, 4) is 0 Å². The molecule has 0 amide bonds. The number of thiophene rings is 1. The summed E-state index contributed by atoms with van der Waals surface area (Å²) in [6.07, 6.45) is 2.02. The maximum absolute atomic E-state index is 10.1. The van der Waals surface area contributed by atoms with Crippen LogP contribution < -0.4 is 5.32 Å². The van der Waals surface area contributed by atoms with E-state index in [2.05, 4.69) is 44.5 Å². The van der Waals surface area contributed by atoms with E-state index in [4.69, 9.17) is 4.74 Å². The van der Waals surface area contributed by atoms with Crippen LogP contribution in [0.2, 0.25) is 0 Å². The van der Waals surface area contributed by atoms with Gasteiger partial charge in [-0.15, -0.1) is 11.3 Å². The molecule has 1 saturated carbocycles. The lowest BCUT2D eigenvalue weighted by atomic mass is 10.3. The van der Waals surface area contributed by atoms with Crippen LogP contribution in [0.1, 0.15) is 24.6 Å². The molecule has 1 aliphatic carbocycles. The molecule has 1 aliphatic heterocycles. The lowest BCUT2D eigenvalue weighted by Crippen LogP contribution is -2.52. The Morgan fingerprint density at radius 2 is 2.19 bits per heavy atom. The van der Waals surface area contributed by atoms with Gasteiger partial charge in [-0.1, -0.05) is 6.07 Å². The monoisotopic (exact) mass is 380 g/mol. The minimum Gasteiger partial charge on any atom is -0.389 e. The maximum Gasteiger partial charge on any atom is 0.194 e. The van der Waals surface area contributed by atoms with E-state index in [-0.39, 0.29) is 0 Å². The fraction of sp³-hybridized carbons (Fsp3) is 0.737. The molecule has 7 heteroatoms. The molecule has 146 valence electrons.